The Labute approximate surface area is 130 Å². The molecule has 0 aliphatic carbocycles. The van der Waals surface area contributed by atoms with Gasteiger partial charge in [-0.05, 0) is 34.9 Å². The number of hydrogen-bond acceptors (Lipinski definition) is 3. The SMILES string of the molecule is CCCCCCC(=O)Sc1cc(C(=O)N=[N+]=[N-])c(F)cc1F. The zero-order chi connectivity index (χ0) is 16.5. The quantitative estimate of drug-likeness (QED) is 0.232. The summed E-state index contributed by atoms with van der Waals surface area (Å²) < 4.78 is 27.1. The molecule has 8 heteroatoms. The highest BCUT2D eigenvalue weighted by Crippen LogP contribution is 2.27. The Morgan fingerprint density at radius 2 is 1.95 bits per heavy atom. The van der Waals surface area contributed by atoms with Crippen LogP contribution in [0.25, 0.3) is 10.4 Å². The molecule has 0 saturated heterocycles. The van der Waals surface area contributed by atoms with Gasteiger partial charge in [0.1, 0.15) is 11.6 Å². The third-order valence-electron chi connectivity index (χ3n) is 2.85. The number of azide groups is 1. The lowest BCUT2D eigenvalue weighted by molar-refractivity contribution is -0.111. The highest BCUT2D eigenvalue weighted by Gasteiger charge is 2.17. The Morgan fingerprint density at radius 1 is 1.23 bits per heavy atom. The number of hydrogen-bond donors (Lipinski definition) is 0. The minimum atomic E-state index is -1.16. The number of carbonyl (C=O) groups is 2. The Balaban J connectivity index is 2.82. The van der Waals surface area contributed by atoms with Crippen molar-refractivity contribution in [2.24, 2.45) is 5.11 Å². The summed E-state index contributed by atoms with van der Waals surface area (Å²) in [6.45, 7) is 2.05. The van der Waals surface area contributed by atoms with Crippen molar-refractivity contribution in [3.05, 3.63) is 39.8 Å². The van der Waals surface area contributed by atoms with Gasteiger partial charge in [0, 0.05) is 17.4 Å². The first kappa shape index (κ1) is 18.1. The summed E-state index contributed by atoms with van der Waals surface area (Å²) in [7, 11) is 0. The first-order chi connectivity index (χ1) is 10.5. The van der Waals surface area contributed by atoms with Gasteiger partial charge in [0.2, 0.25) is 0 Å². The minimum Gasteiger partial charge on any atom is -0.287 e. The predicted octanol–water partition coefficient (Wildman–Crippen LogP) is 5.00. The molecular weight excluding hydrogens is 312 g/mol. The molecule has 1 rings (SSSR count). The van der Waals surface area contributed by atoms with Crippen molar-refractivity contribution in [2.45, 2.75) is 43.9 Å². The largest absolute Gasteiger partial charge is 0.287 e. The van der Waals surface area contributed by atoms with Gasteiger partial charge in [-0.1, -0.05) is 26.2 Å². The lowest BCUT2D eigenvalue weighted by atomic mass is 10.2. The molecule has 0 aliphatic rings. The Kier molecular flexibility index (Phi) is 7.56. The first-order valence-corrected chi connectivity index (χ1v) is 7.60. The summed E-state index contributed by atoms with van der Waals surface area (Å²) in [4.78, 5) is 25.2. The van der Waals surface area contributed by atoms with E-state index in [1.54, 1.807) is 0 Å². The second-order valence-corrected chi connectivity index (χ2v) is 5.64. The Morgan fingerprint density at radius 3 is 2.59 bits per heavy atom. The molecule has 0 aromatic heterocycles. The van der Waals surface area contributed by atoms with Crippen molar-refractivity contribution < 1.29 is 18.4 Å². The first-order valence-electron chi connectivity index (χ1n) is 6.78. The van der Waals surface area contributed by atoms with Crippen LogP contribution in [0.15, 0.2) is 22.1 Å². The molecule has 118 valence electrons. The summed E-state index contributed by atoms with van der Waals surface area (Å²) in [5.74, 6) is -3.21. The molecule has 0 heterocycles. The molecule has 0 atom stereocenters. The monoisotopic (exact) mass is 327 g/mol. The second-order valence-electron chi connectivity index (χ2n) is 4.54. The van der Waals surface area contributed by atoms with Crippen LogP contribution in [-0.2, 0) is 4.79 Å². The molecule has 1 aromatic rings. The fourth-order valence-corrected chi connectivity index (χ4v) is 2.56. The molecule has 1 aromatic carbocycles. The highest BCUT2D eigenvalue weighted by molar-refractivity contribution is 8.13. The van der Waals surface area contributed by atoms with Crippen LogP contribution in [0.4, 0.5) is 8.78 Å². The van der Waals surface area contributed by atoms with Crippen LogP contribution in [0, 0.1) is 11.6 Å². The molecule has 0 aliphatic heterocycles. The van der Waals surface area contributed by atoms with Crippen LogP contribution >= 0.6 is 11.8 Å². The lowest BCUT2D eigenvalue weighted by Crippen LogP contribution is -2.01. The number of halogens is 2. The number of unbranched alkanes of at least 4 members (excludes halogenated alkanes) is 3. The van der Waals surface area contributed by atoms with Gasteiger partial charge in [0.15, 0.2) is 5.12 Å². The number of carbonyl (C=O) groups excluding carboxylic acids is 2. The molecular formula is C14H15F2N3O2S. The third-order valence-corrected chi connectivity index (χ3v) is 3.81. The van der Waals surface area contributed by atoms with Crippen molar-refractivity contribution in [2.75, 3.05) is 0 Å². The molecule has 0 unspecified atom stereocenters. The third kappa shape index (κ3) is 5.46. The van der Waals surface area contributed by atoms with Crippen LogP contribution in [0.1, 0.15) is 49.4 Å². The molecule has 0 fully saturated rings. The van der Waals surface area contributed by atoms with Crippen molar-refractivity contribution in [3.63, 3.8) is 0 Å². The van der Waals surface area contributed by atoms with Gasteiger partial charge in [0.05, 0.1) is 10.5 Å². The number of nitrogens with zero attached hydrogens (tertiary/aromatic N) is 3. The molecule has 0 radical (unpaired) electrons. The summed E-state index contributed by atoms with van der Waals surface area (Å²) in [6, 6.07) is 1.41. The van der Waals surface area contributed by atoms with Crippen LogP contribution in [-0.4, -0.2) is 11.0 Å². The molecule has 5 nitrogen and oxygen atoms in total. The van der Waals surface area contributed by atoms with Crippen molar-refractivity contribution in [1.82, 2.24) is 0 Å². The fourth-order valence-electron chi connectivity index (χ4n) is 1.74. The summed E-state index contributed by atoms with van der Waals surface area (Å²) in [5, 5.41) is 2.50. The second kappa shape index (κ2) is 9.17. The van der Waals surface area contributed by atoms with E-state index in [4.69, 9.17) is 5.53 Å². The van der Waals surface area contributed by atoms with E-state index in [1.165, 1.54) is 0 Å². The Bertz CT molecular complexity index is 616. The van der Waals surface area contributed by atoms with Gasteiger partial charge in [-0.25, -0.2) is 8.78 Å². The van der Waals surface area contributed by atoms with Gasteiger partial charge in [-0.3, -0.25) is 9.59 Å². The van der Waals surface area contributed by atoms with E-state index >= 15 is 0 Å². The number of thioether (sulfide) groups is 1. The lowest BCUT2D eigenvalue weighted by Gasteiger charge is -2.05. The highest BCUT2D eigenvalue weighted by atomic mass is 32.2. The predicted molar refractivity (Wildman–Crippen MR) is 79.5 cm³/mol. The Hall–Kier alpha value is -1.92. The van der Waals surface area contributed by atoms with E-state index in [0.717, 1.165) is 25.3 Å². The normalized spacial score (nSPS) is 10.1. The zero-order valence-corrected chi connectivity index (χ0v) is 12.8. The van der Waals surface area contributed by atoms with Crippen molar-refractivity contribution >= 4 is 22.8 Å². The fraction of sp³-hybridized carbons (Fsp3) is 0.429. The van der Waals surface area contributed by atoms with E-state index in [9.17, 15) is 18.4 Å². The molecule has 0 saturated carbocycles. The maximum atomic E-state index is 13.7. The minimum absolute atomic E-state index is 0.154. The molecule has 0 spiro atoms. The van der Waals surface area contributed by atoms with Crippen molar-refractivity contribution in [3.8, 4) is 0 Å². The molecule has 1 amide bonds. The number of amides is 1. The molecule has 22 heavy (non-hydrogen) atoms. The van der Waals surface area contributed by atoms with Crippen LogP contribution in [0.2, 0.25) is 0 Å². The number of benzene rings is 1. The van der Waals surface area contributed by atoms with E-state index in [1.807, 2.05) is 6.92 Å². The topological polar surface area (TPSA) is 82.9 Å². The zero-order valence-electron chi connectivity index (χ0n) is 12.0. The molecule has 0 bridgehead atoms. The van der Waals surface area contributed by atoms with E-state index in [2.05, 4.69) is 10.0 Å². The van der Waals surface area contributed by atoms with Gasteiger partial charge >= 0.3 is 0 Å². The smallest absolute Gasteiger partial charge is 0.252 e. The van der Waals surface area contributed by atoms with E-state index in [0.29, 0.717) is 24.2 Å². The number of rotatable bonds is 7. The van der Waals surface area contributed by atoms with E-state index < -0.39 is 23.1 Å². The van der Waals surface area contributed by atoms with Gasteiger partial charge in [-0.2, -0.15) is 0 Å². The average molecular weight is 327 g/mol. The maximum absolute atomic E-state index is 13.7. The van der Waals surface area contributed by atoms with Crippen LogP contribution < -0.4 is 0 Å². The molecule has 0 N–H and O–H groups in total. The average Bonchev–Trinajstić information content (AvgIpc) is 2.46. The summed E-state index contributed by atoms with van der Waals surface area (Å²) >= 11 is 0.619. The van der Waals surface area contributed by atoms with E-state index in [-0.39, 0.29) is 16.4 Å². The van der Waals surface area contributed by atoms with Gasteiger partial charge in [0.25, 0.3) is 5.91 Å². The van der Waals surface area contributed by atoms with Crippen LogP contribution in [0.3, 0.4) is 0 Å². The van der Waals surface area contributed by atoms with Crippen LogP contribution in [0.5, 0.6) is 0 Å². The van der Waals surface area contributed by atoms with Gasteiger partial charge < -0.3 is 0 Å². The maximum Gasteiger partial charge on any atom is 0.252 e. The summed E-state index contributed by atoms with van der Waals surface area (Å²) in [5.41, 5.74) is 7.63. The van der Waals surface area contributed by atoms with Gasteiger partial charge in [-0.15, -0.1) is 0 Å². The summed E-state index contributed by atoms with van der Waals surface area (Å²) in [6.07, 6.45) is 3.95. The standard InChI is InChI=1S/C14H15F2N3O2S/c1-2-3-4-5-6-13(20)22-12-7-9(14(21)18-19-17)10(15)8-11(12)16/h7-8H,2-6H2,1H3. The van der Waals surface area contributed by atoms with Crippen molar-refractivity contribution in [1.29, 1.82) is 0 Å².